The molecule has 1 atom stereocenters. The third-order valence-electron chi connectivity index (χ3n) is 2.65. The van der Waals surface area contributed by atoms with Crippen LogP contribution in [-0.4, -0.2) is 28.5 Å². The Bertz CT molecular complexity index is 379. The summed E-state index contributed by atoms with van der Waals surface area (Å²) in [5.74, 6) is 0.818. The molecule has 1 aromatic rings. The molecule has 0 spiro atoms. The van der Waals surface area contributed by atoms with Crippen LogP contribution in [0.4, 0.5) is 5.82 Å². The number of anilines is 1. The summed E-state index contributed by atoms with van der Waals surface area (Å²) in [6, 6.07) is -0.00792. The number of carbonyl (C=O) groups is 1. The molecule has 5 heteroatoms. The van der Waals surface area contributed by atoms with Crippen LogP contribution in [-0.2, 0) is 11.2 Å². The number of rotatable bonds is 2. The van der Waals surface area contributed by atoms with Crippen LogP contribution in [0.2, 0.25) is 0 Å². The number of amides is 1. The van der Waals surface area contributed by atoms with Gasteiger partial charge in [-0.3, -0.25) is 9.69 Å². The predicted octanol–water partition coefficient (Wildman–Crippen LogP) is 0.103. The van der Waals surface area contributed by atoms with Crippen LogP contribution in [0.5, 0.6) is 0 Å². The summed E-state index contributed by atoms with van der Waals surface area (Å²) in [5.41, 5.74) is 6.61. The van der Waals surface area contributed by atoms with Crippen molar-refractivity contribution >= 4 is 11.7 Å². The maximum absolute atomic E-state index is 11.8. The first kappa shape index (κ1) is 10.0. The second kappa shape index (κ2) is 3.94. The summed E-state index contributed by atoms with van der Waals surface area (Å²) in [6.45, 7) is 2.37. The van der Waals surface area contributed by atoms with Crippen molar-refractivity contribution in [2.75, 3.05) is 11.4 Å². The zero-order valence-electron chi connectivity index (χ0n) is 8.68. The van der Waals surface area contributed by atoms with Gasteiger partial charge in [0.25, 0.3) is 0 Å². The monoisotopic (exact) mass is 206 g/mol. The topological polar surface area (TPSA) is 72.1 Å². The van der Waals surface area contributed by atoms with E-state index in [0.717, 1.165) is 17.8 Å². The van der Waals surface area contributed by atoms with Crippen molar-refractivity contribution in [3.05, 3.63) is 18.1 Å². The largest absolute Gasteiger partial charge is 0.328 e. The number of hydrogen-bond donors (Lipinski definition) is 1. The summed E-state index contributed by atoms with van der Waals surface area (Å²) in [4.78, 5) is 21.6. The number of hydrogen-bond acceptors (Lipinski definition) is 4. The van der Waals surface area contributed by atoms with Gasteiger partial charge >= 0.3 is 0 Å². The van der Waals surface area contributed by atoms with E-state index in [2.05, 4.69) is 9.97 Å². The van der Waals surface area contributed by atoms with Gasteiger partial charge in [-0.15, -0.1) is 0 Å². The van der Waals surface area contributed by atoms with Gasteiger partial charge in [0.1, 0.15) is 12.1 Å². The van der Waals surface area contributed by atoms with E-state index >= 15 is 0 Å². The van der Waals surface area contributed by atoms with Crippen molar-refractivity contribution in [3.63, 3.8) is 0 Å². The number of fused-ring (bicyclic) bond motifs is 1. The maximum Gasteiger partial charge on any atom is 0.228 e. The van der Waals surface area contributed by atoms with Crippen LogP contribution in [0.15, 0.2) is 12.5 Å². The number of nitrogens with zero attached hydrogens (tertiary/aromatic N) is 3. The molecule has 2 N–H and O–H groups in total. The third-order valence-corrected chi connectivity index (χ3v) is 2.65. The molecule has 15 heavy (non-hydrogen) atoms. The van der Waals surface area contributed by atoms with E-state index in [-0.39, 0.29) is 11.9 Å². The van der Waals surface area contributed by atoms with Crippen LogP contribution in [0.25, 0.3) is 0 Å². The summed E-state index contributed by atoms with van der Waals surface area (Å²) in [6.07, 6.45) is 4.48. The van der Waals surface area contributed by atoms with E-state index in [4.69, 9.17) is 5.73 Å². The van der Waals surface area contributed by atoms with Crippen LogP contribution < -0.4 is 10.6 Å². The van der Waals surface area contributed by atoms with Crippen LogP contribution >= 0.6 is 0 Å². The first-order valence-electron chi connectivity index (χ1n) is 5.05. The van der Waals surface area contributed by atoms with Gasteiger partial charge in [-0.2, -0.15) is 0 Å². The predicted molar refractivity (Wildman–Crippen MR) is 56.4 cm³/mol. The first-order valence-corrected chi connectivity index (χ1v) is 5.05. The lowest BCUT2D eigenvalue weighted by Gasteiger charge is -2.32. The minimum Gasteiger partial charge on any atom is -0.328 e. The average Bonchev–Trinajstić information content (AvgIpc) is 2.28. The Morgan fingerprint density at radius 1 is 1.60 bits per heavy atom. The van der Waals surface area contributed by atoms with Gasteiger partial charge in [0, 0.05) is 30.8 Å². The Labute approximate surface area is 88.3 Å². The molecule has 1 aliphatic rings. The Kier molecular flexibility index (Phi) is 2.64. The molecule has 0 fully saturated rings. The quantitative estimate of drug-likeness (QED) is 0.745. The van der Waals surface area contributed by atoms with Crippen LogP contribution in [0.1, 0.15) is 18.9 Å². The number of aromatic nitrogens is 2. The third kappa shape index (κ3) is 1.70. The number of carbonyl (C=O) groups excluding carboxylic acids is 1. The Balaban J connectivity index is 2.41. The van der Waals surface area contributed by atoms with Crippen molar-refractivity contribution in [1.82, 2.24) is 9.97 Å². The van der Waals surface area contributed by atoms with E-state index in [1.165, 1.54) is 6.33 Å². The van der Waals surface area contributed by atoms with E-state index in [1.807, 2.05) is 6.92 Å². The molecule has 2 rings (SSSR count). The summed E-state index contributed by atoms with van der Waals surface area (Å²) >= 11 is 0. The molecule has 0 radical (unpaired) electrons. The minimum absolute atomic E-state index is 0.00792. The lowest BCUT2D eigenvalue weighted by molar-refractivity contribution is -0.119. The minimum atomic E-state index is -0.00792. The normalized spacial score (nSPS) is 17.5. The molecular weight excluding hydrogens is 192 g/mol. The lowest BCUT2D eigenvalue weighted by atomic mass is 10.1. The smallest absolute Gasteiger partial charge is 0.228 e. The van der Waals surface area contributed by atoms with Gasteiger partial charge in [0.05, 0.1) is 0 Å². The Hall–Kier alpha value is -1.49. The summed E-state index contributed by atoms with van der Waals surface area (Å²) < 4.78 is 0. The number of nitrogens with two attached hydrogens (primary N) is 1. The fourth-order valence-electron chi connectivity index (χ4n) is 1.79. The molecule has 0 saturated carbocycles. The number of aryl methyl sites for hydroxylation is 1. The van der Waals surface area contributed by atoms with Crippen LogP contribution in [0, 0.1) is 0 Å². The SMILES string of the molecule is CC(CN)N1C(=O)CCc2cncnc21. The standard InChI is InChI=1S/C10H14N4O/c1-7(4-11)14-9(15)3-2-8-5-12-6-13-10(8)14/h5-7H,2-4,11H2,1H3. The molecule has 80 valence electrons. The van der Waals surface area contributed by atoms with Gasteiger partial charge in [-0.05, 0) is 13.3 Å². The van der Waals surface area contributed by atoms with Crippen molar-refractivity contribution in [3.8, 4) is 0 Å². The highest BCUT2D eigenvalue weighted by Crippen LogP contribution is 2.25. The van der Waals surface area contributed by atoms with E-state index in [1.54, 1.807) is 11.1 Å². The highest BCUT2D eigenvalue weighted by molar-refractivity contribution is 5.95. The first-order chi connectivity index (χ1) is 7.24. The highest BCUT2D eigenvalue weighted by atomic mass is 16.2. The molecule has 0 bridgehead atoms. The van der Waals surface area contributed by atoms with Crippen molar-refractivity contribution < 1.29 is 4.79 Å². The van der Waals surface area contributed by atoms with E-state index in [0.29, 0.717) is 13.0 Å². The van der Waals surface area contributed by atoms with Gasteiger partial charge < -0.3 is 5.73 Å². The molecule has 1 aliphatic heterocycles. The lowest BCUT2D eigenvalue weighted by Crippen LogP contribution is -2.45. The van der Waals surface area contributed by atoms with Gasteiger partial charge in [-0.25, -0.2) is 9.97 Å². The fourth-order valence-corrected chi connectivity index (χ4v) is 1.79. The van der Waals surface area contributed by atoms with E-state index < -0.39 is 0 Å². The van der Waals surface area contributed by atoms with Crippen molar-refractivity contribution in [2.45, 2.75) is 25.8 Å². The summed E-state index contributed by atoms with van der Waals surface area (Å²) in [7, 11) is 0. The molecule has 0 aromatic carbocycles. The maximum atomic E-state index is 11.8. The molecule has 0 aliphatic carbocycles. The Morgan fingerprint density at radius 3 is 3.13 bits per heavy atom. The average molecular weight is 206 g/mol. The molecule has 2 heterocycles. The zero-order valence-corrected chi connectivity index (χ0v) is 8.68. The fraction of sp³-hybridized carbons (Fsp3) is 0.500. The van der Waals surface area contributed by atoms with Crippen molar-refractivity contribution in [1.29, 1.82) is 0 Å². The van der Waals surface area contributed by atoms with Gasteiger partial charge in [-0.1, -0.05) is 0 Å². The van der Waals surface area contributed by atoms with E-state index in [9.17, 15) is 4.79 Å². The molecular formula is C10H14N4O. The van der Waals surface area contributed by atoms with Crippen molar-refractivity contribution in [2.24, 2.45) is 5.73 Å². The zero-order chi connectivity index (χ0) is 10.8. The van der Waals surface area contributed by atoms with Gasteiger partial charge in [0.2, 0.25) is 5.91 Å². The Morgan fingerprint density at radius 2 is 2.40 bits per heavy atom. The molecule has 1 aromatic heterocycles. The van der Waals surface area contributed by atoms with Gasteiger partial charge in [0.15, 0.2) is 0 Å². The second-order valence-corrected chi connectivity index (χ2v) is 3.72. The molecule has 1 unspecified atom stereocenters. The molecule has 1 amide bonds. The molecule has 0 saturated heterocycles. The molecule has 5 nitrogen and oxygen atoms in total. The summed E-state index contributed by atoms with van der Waals surface area (Å²) in [5, 5.41) is 0. The second-order valence-electron chi connectivity index (χ2n) is 3.72. The highest BCUT2D eigenvalue weighted by Gasteiger charge is 2.28. The van der Waals surface area contributed by atoms with Crippen LogP contribution in [0.3, 0.4) is 0 Å².